The van der Waals surface area contributed by atoms with Crippen molar-refractivity contribution < 1.29 is 17.6 Å². The third-order valence-electron chi connectivity index (χ3n) is 5.14. The summed E-state index contributed by atoms with van der Waals surface area (Å²) in [5.41, 5.74) is 1.98. The number of hydrogen-bond donors (Lipinski definition) is 1. The molecule has 0 spiro atoms. The molecule has 1 N–H and O–H groups in total. The summed E-state index contributed by atoms with van der Waals surface area (Å²) in [6.45, 7) is -0.0359. The van der Waals surface area contributed by atoms with Crippen LogP contribution in [0.3, 0.4) is 0 Å². The lowest BCUT2D eigenvalue weighted by molar-refractivity contribution is -0.134. The van der Waals surface area contributed by atoms with Gasteiger partial charge in [0.1, 0.15) is 12.1 Å². The lowest BCUT2D eigenvalue weighted by Gasteiger charge is -2.35. The Labute approximate surface area is 156 Å². The Bertz CT molecular complexity index is 982. The number of carbonyl (C=O) groups is 1. The minimum Gasteiger partial charge on any atom is -0.332 e. The molecule has 2 aliphatic heterocycles. The Morgan fingerprint density at radius 2 is 2.19 bits per heavy atom. The minimum absolute atomic E-state index is 0.0349. The van der Waals surface area contributed by atoms with Gasteiger partial charge in [-0.25, -0.2) is 27.5 Å². The smallest absolute Gasteiger partial charge is 0.240 e. The van der Waals surface area contributed by atoms with Crippen LogP contribution in [0.5, 0.6) is 0 Å². The molecule has 0 radical (unpaired) electrons. The first-order valence-corrected chi connectivity index (χ1v) is 10.3. The monoisotopic (exact) mass is 390 g/mol. The number of rotatable bonds is 5. The summed E-state index contributed by atoms with van der Waals surface area (Å²) in [6.07, 6.45) is 5.81. The molecule has 2 aliphatic rings. The van der Waals surface area contributed by atoms with Gasteiger partial charge in [-0.15, -0.1) is 0 Å². The van der Waals surface area contributed by atoms with Gasteiger partial charge in [0.15, 0.2) is 0 Å². The molecule has 1 aromatic heterocycles. The third kappa shape index (κ3) is 3.44. The van der Waals surface area contributed by atoms with Crippen LogP contribution >= 0.6 is 0 Å². The minimum atomic E-state index is -3.85. The van der Waals surface area contributed by atoms with Gasteiger partial charge in [0.25, 0.3) is 0 Å². The summed E-state index contributed by atoms with van der Waals surface area (Å²) in [7, 11) is -3.85. The molecule has 1 fully saturated rings. The van der Waals surface area contributed by atoms with Crippen molar-refractivity contribution in [3.63, 3.8) is 0 Å². The normalized spacial score (nSPS) is 21.1. The molecule has 7 nitrogen and oxygen atoms in total. The first-order valence-electron chi connectivity index (χ1n) is 8.81. The van der Waals surface area contributed by atoms with Gasteiger partial charge in [0, 0.05) is 37.2 Å². The summed E-state index contributed by atoms with van der Waals surface area (Å²) in [5.74, 6) is -0.723. The van der Waals surface area contributed by atoms with E-state index in [9.17, 15) is 17.6 Å². The van der Waals surface area contributed by atoms with Gasteiger partial charge in [-0.3, -0.25) is 4.79 Å². The molecular formula is C18H19FN4O3S. The molecule has 27 heavy (non-hydrogen) atoms. The number of fused-ring (bicyclic) bond motifs is 4. The predicted octanol–water partition coefficient (Wildman–Crippen LogP) is 1.57. The van der Waals surface area contributed by atoms with Crippen molar-refractivity contribution in [2.24, 2.45) is 0 Å². The number of benzene rings is 1. The van der Waals surface area contributed by atoms with Gasteiger partial charge in [0.05, 0.1) is 16.6 Å². The number of sulfonamides is 1. The average Bonchev–Trinajstić information content (AvgIpc) is 2.96. The maximum Gasteiger partial charge on any atom is 0.240 e. The Morgan fingerprint density at radius 3 is 3.00 bits per heavy atom. The molecule has 2 unspecified atom stereocenters. The summed E-state index contributed by atoms with van der Waals surface area (Å²) in [4.78, 5) is 22.8. The highest BCUT2D eigenvalue weighted by Gasteiger charge is 2.42. The molecule has 1 aromatic carbocycles. The molecule has 1 amide bonds. The molecule has 9 heteroatoms. The molecule has 142 valence electrons. The molecule has 3 heterocycles. The molecule has 2 aromatic rings. The van der Waals surface area contributed by atoms with E-state index in [1.54, 1.807) is 6.20 Å². The van der Waals surface area contributed by atoms with Crippen molar-refractivity contribution in [2.75, 3.05) is 6.54 Å². The highest BCUT2D eigenvalue weighted by Crippen LogP contribution is 2.42. The van der Waals surface area contributed by atoms with Crippen LogP contribution in [-0.4, -0.2) is 41.8 Å². The number of nitrogens with zero attached hydrogens (tertiary/aromatic N) is 3. The van der Waals surface area contributed by atoms with E-state index in [0.717, 1.165) is 30.2 Å². The van der Waals surface area contributed by atoms with Crippen molar-refractivity contribution in [1.29, 1.82) is 0 Å². The summed E-state index contributed by atoms with van der Waals surface area (Å²) < 4.78 is 40.1. The lowest BCUT2D eigenvalue weighted by Crippen LogP contribution is -2.43. The Kier molecular flexibility index (Phi) is 4.65. The fourth-order valence-electron chi connectivity index (χ4n) is 3.94. The molecule has 2 atom stereocenters. The van der Waals surface area contributed by atoms with Crippen LogP contribution in [0.15, 0.2) is 41.7 Å². The van der Waals surface area contributed by atoms with Crippen molar-refractivity contribution >= 4 is 15.9 Å². The van der Waals surface area contributed by atoms with Gasteiger partial charge in [-0.05, 0) is 31.0 Å². The molecule has 1 saturated heterocycles. The van der Waals surface area contributed by atoms with Gasteiger partial charge >= 0.3 is 0 Å². The van der Waals surface area contributed by atoms with Crippen molar-refractivity contribution in [2.45, 2.75) is 42.7 Å². The average molecular weight is 390 g/mol. The predicted molar refractivity (Wildman–Crippen MR) is 94.6 cm³/mol. The number of aromatic nitrogens is 2. The van der Waals surface area contributed by atoms with E-state index in [1.165, 1.54) is 24.5 Å². The fraction of sp³-hybridized carbons (Fsp3) is 0.389. The second kappa shape index (κ2) is 6.97. The largest absolute Gasteiger partial charge is 0.332 e. The van der Waals surface area contributed by atoms with Crippen LogP contribution in [0.1, 0.15) is 36.6 Å². The summed E-state index contributed by atoms with van der Waals surface area (Å²) >= 11 is 0. The van der Waals surface area contributed by atoms with Crippen LogP contribution in [0, 0.1) is 5.82 Å². The van der Waals surface area contributed by atoms with Gasteiger partial charge in [-0.2, -0.15) is 0 Å². The quantitative estimate of drug-likeness (QED) is 0.837. The van der Waals surface area contributed by atoms with E-state index in [0.29, 0.717) is 6.42 Å². The number of amides is 1. The molecule has 0 aliphatic carbocycles. The van der Waals surface area contributed by atoms with Crippen LogP contribution in [-0.2, 0) is 21.2 Å². The van der Waals surface area contributed by atoms with Crippen LogP contribution in [0.2, 0.25) is 0 Å². The SMILES string of the molecule is O=C(CCNS(=O)(=O)c1cccc(F)c1)N1C2CCC1c1cncnc1C2. The number of hydrogen-bond acceptors (Lipinski definition) is 5. The van der Waals surface area contributed by atoms with E-state index >= 15 is 0 Å². The number of halogens is 1. The Morgan fingerprint density at radius 1 is 1.33 bits per heavy atom. The molecular weight excluding hydrogens is 371 g/mol. The van der Waals surface area contributed by atoms with E-state index in [4.69, 9.17) is 0 Å². The Balaban J connectivity index is 1.41. The summed E-state index contributed by atoms with van der Waals surface area (Å²) in [6, 6.07) is 4.84. The van der Waals surface area contributed by atoms with Gasteiger partial charge in [0.2, 0.25) is 15.9 Å². The van der Waals surface area contributed by atoms with Crippen molar-refractivity contribution in [3.05, 3.63) is 53.9 Å². The number of nitrogens with one attached hydrogen (secondary N) is 1. The first-order chi connectivity index (χ1) is 13.0. The maximum atomic E-state index is 13.2. The molecule has 0 saturated carbocycles. The molecule has 4 rings (SSSR count). The van der Waals surface area contributed by atoms with Gasteiger partial charge in [-0.1, -0.05) is 6.07 Å². The third-order valence-corrected chi connectivity index (χ3v) is 6.60. The van der Waals surface area contributed by atoms with E-state index < -0.39 is 15.8 Å². The second-order valence-electron chi connectivity index (χ2n) is 6.78. The lowest BCUT2D eigenvalue weighted by atomic mass is 9.99. The van der Waals surface area contributed by atoms with E-state index in [-0.39, 0.29) is 35.9 Å². The van der Waals surface area contributed by atoms with Gasteiger partial charge < -0.3 is 4.90 Å². The zero-order valence-electron chi connectivity index (χ0n) is 14.5. The zero-order chi connectivity index (χ0) is 19.0. The summed E-state index contributed by atoms with van der Waals surface area (Å²) in [5, 5.41) is 0. The van der Waals surface area contributed by atoms with E-state index in [2.05, 4.69) is 14.7 Å². The van der Waals surface area contributed by atoms with E-state index in [1.807, 2.05) is 4.90 Å². The highest BCUT2D eigenvalue weighted by molar-refractivity contribution is 7.89. The van der Waals surface area contributed by atoms with Crippen LogP contribution in [0.25, 0.3) is 0 Å². The van der Waals surface area contributed by atoms with Crippen molar-refractivity contribution in [1.82, 2.24) is 19.6 Å². The van der Waals surface area contributed by atoms with Crippen LogP contribution < -0.4 is 4.72 Å². The fourth-order valence-corrected chi connectivity index (χ4v) is 5.01. The zero-order valence-corrected chi connectivity index (χ0v) is 15.3. The number of carbonyl (C=O) groups excluding carboxylic acids is 1. The Hall–Kier alpha value is -2.39. The second-order valence-corrected chi connectivity index (χ2v) is 8.55. The standard InChI is InChI=1S/C18H19FN4O3S/c19-12-2-1-3-14(8-12)27(25,26)22-7-6-18(24)23-13-4-5-17(23)15-10-20-11-21-16(15)9-13/h1-3,8,10-11,13,17,22H,4-7,9H2. The van der Waals surface area contributed by atoms with Crippen LogP contribution in [0.4, 0.5) is 4.39 Å². The highest BCUT2D eigenvalue weighted by atomic mass is 32.2. The van der Waals surface area contributed by atoms with Crippen molar-refractivity contribution in [3.8, 4) is 0 Å². The maximum absolute atomic E-state index is 13.2. The topological polar surface area (TPSA) is 92.3 Å². The molecule has 2 bridgehead atoms. The first kappa shape index (κ1) is 18.0.